The minimum Gasteiger partial charge on any atom is -0.507 e. The number of rotatable bonds is 3. The van der Waals surface area contributed by atoms with Crippen LogP contribution in [0.4, 0.5) is 0 Å². The zero-order valence-corrected chi connectivity index (χ0v) is 16.2. The van der Waals surface area contributed by atoms with Gasteiger partial charge in [-0.2, -0.15) is 0 Å². The van der Waals surface area contributed by atoms with E-state index in [9.17, 15) is 40.2 Å². The number of aryl methyl sites for hydroxylation is 1. The van der Waals surface area contributed by atoms with Crippen molar-refractivity contribution in [1.82, 2.24) is 0 Å². The lowest BCUT2D eigenvalue weighted by Gasteiger charge is -2.39. The molecule has 0 spiro atoms. The zero-order chi connectivity index (χ0) is 22.6. The van der Waals surface area contributed by atoms with Crippen molar-refractivity contribution in [2.24, 2.45) is 0 Å². The molecule has 0 radical (unpaired) electrons. The second-order valence-corrected chi connectivity index (χ2v) is 7.55. The Morgan fingerprint density at radius 1 is 0.871 bits per heavy atom. The summed E-state index contributed by atoms with van der Waals surface area (Å²) in [4.78, 5) is 25.8. The molecule has 1 heterocycles. The van der Waals surface area contributed by atoms with Gasteiger partial charge in [-0.15, -0.1) is 0 Å². The van der Waals surface area contributed by atoms with Gasteiger partial charge in [0.15, 0.2) is 23.1 Å². The second kappa shape index (κ2) is 7.59. The van der Waals surface area contributed by atoms with Crippen molar-refractivity contribution in [3.05, 3.63) is 52.1 Å². The second-order valence-electron chi connectivity index (χ2n) is 7.55. The summed E-state index contributed by atoms with van der Waals surface area (Å²) in [6.07, 6.45) is -7.88. The van der Waals surface area contributed by atoms with Crippen LogP contribution in [0.25, 0.3) is 0 Å². The topological polar surface area (TPSA) is 174 Å². The molecule has 1 aliphatic heterocycles. The average Bonchev–Trinajstić information content (AvgIpc) is 2.72. The summed E-state index contributed by atoms with van der Waals surface area (Å²) < 4.78 is 10.6. The fourth-order valence-corrected chi connectivity index (χ4v) is 3.79. The van der Waals surface area contributed by atoms with E-state index in [1.54, 1.807) is 6.92 Å². The van der Waals surface area contributed by atoms with Gasteiger partial charge in [0.05, 0.1) is 12.2 Å². The van der Waals surface area contributed by atoms with Gasteiger partial charge in [0.25, 0.3) is 0 Å². The first-order chi connectivity index (χ1) is 14.6. The number of hydrogen-bond acceptors (Lipinski definition) is 10. The minimum atomic E-state index is -1.74. The number of fused-ring (bicyclic) bond motifs is 2. The predicted molar refractivity (Wildman–Crippen MR) is 102 cm³/mol. The number of aromatic hydroxyl groups is 2. The maximum atomic E-state index is 13.0. The van der Waals surface area contributed by atoms with Gasteiger partial charge < -0.3 is 40.1 Å². The highest BCUT2D eigenvalue weighted by molar-refractivity contribution is 6.29. The molecule has 5 atom stereocenters. The van der Waals surface area contributed by atoms with Crippen LogP contribution >= 0.6 is 0 Å². The largest absolute Gasteiger partial charge is 0.507 e. The molecule has 0 aromatic heterocycles. The fraction of sp³-hybridized carbons (Fsp3) is 0.333. The molecule has 0 unspecified atom stereocenters. The van der Waals surface area contributed by atoms with Crippen LogP contribution in [-0.2, 0) is 4.74 Å². The summed E-state index contributed by atoms with van der Waals surface area (Å²) in [5, 5.41) is 59.7. The number of phenols is 2. The van der Waals surface area contributed by atoms with E-state index in [4.69, 9.17) is 9.47 Å². The molecule has 2 aromatic rings. The number of aliphatic hydroxyl groups is 4. The normalized spacial score (nSPS) is 27.6. The Morgan fingerprint density at radius 3 is 2.23 bits per heavy atom. The molecule has 164 valence electrons. The molecule has 10 heteroatoms. The van der Waals surface area contributed by atoms with Crippen molar-refractivity contribution >= 4 is 11.6 Å². The Kier molecular flexibility index (Phi) is 5.20. The first-order valence-corrected chi connectivity index (χ1v) is 9.41. The molecule has 1 saturated heterocycles. The van der Waals surface area contributed by atoms with E-state index in [2.05, 4.69) is 0 Å². The smallest absolute Gasteiger partial charge is 0.229 e. The number of ether oxygens (including phenoxy) is 2. The van der Waals surface area contributed by atoms with E-state index in [-0.39, 0.29) is 33.8 Å². The van der Waals surface area contributed by atoms with Crippen molar-refractivity contribution in [2.45, 2.75) is 37.6 Å². The van der Waals surface area contributed by atoms with Crippen LogP contribution < -0.4 is 4.74 Å². The monoisotopic (exact) mass is 432 g/mol. The third kappa shape index (κ3) is 3.34. The number of carbonyl (C=O) groups is 2. The number of ketones is 2. The minimum absolute atomic E-state index is 0.0111. The molecule has 2 aromatic carbocycles. The summed E-state index contributed by atoms with van der Waals surface area (Å²) in [6.45, 7) is 0.978. The van der Waals surface area contributed by atoms with Gasteiger partial charge in [-0.1, -0.05) is 0 Å². The van der Waals surface area contributed by atoms with E-state index >= 15 is 0 Å². The van der Waals surface area contributed by atoms with Gasteiger partial charge >= 0.3 is 0 Å². The summed E-state index contributed by atoms with van der Waals surface area (Å²) >= 11 is 0. The van der Waals surface area contributed by atoms with E-state index < -0.39 is 54.6 Å². The number of carbonyl (C=O) groups excluding carboxylic acids is 2. The Labute approximate surface area is 175 Å². The van der Waals surface area contributed by atoms with Gasteiger partial charge in [0.1, 0.15) is 30.2 Å². The van der Waals surface area contributed by atoms with Gasteiger partial charge in [0, 0.05) is 16.7 Å². The van der Waals surface area contributed by atoms with Crippen molar-refractivity contribution in [3.63, 3.8) is 0 Å². The maximum Gasteiger partial charge on any atom is 0.229 e. The zero-order valence-electron chi connectivity index (χ0n) is 16.2. The molecule has 2 aliphatic rings. The highest BCUT2D eigenvalue weighted by Crippen LogP contribution is 2.39. The van der Waals surface area contributed by atoms with Crippen LogP contribution in [0, 0.1) is 6.92 Å². The summed E-state index contributed by atoms with van der Waals surface area (Å²) in [5.41, 5.74) is 0.174. The molecular formula is C21H20O10. The lowest BCUT2D eigenvalue weighted by molar-refractivity contribution is -0.277. The highest BCUT2D eigenvalue weighted by Gasteiger charge is 2.45. The molecule has 0 saturated carbocycles. The van der Waals surface area contributed by atoms with Crippen molar-refractivity contribution < 1.29 is 49.7 Å². The molecule has 1 aliphatic carbocycles. The average molecular weight is 432 g/mol. The highest BCUT2D eigenvalue weighted by atomic mass is 16.7. The molecule has 1 fully saturated rings. The summed E-state index contributed by atoms with van der Waals surface area (Å²) in [7, 11) is 0. The SMILES string of the molecule is Cc1cc(O)c2c(c1)C(=O)c1cc(O)c(O[C@@H]3O[C@H](CO)[C@@H](O)[C@H](O)[C@H]3O)cc1C2=O. The number of benzene rings is 2. The number of aliphatic hydroxyl groups excluding tert-OH is 4. The molecule has 0 amide bonds. The maximum absolute atomic E-state index is 13.0. The van der Waals surface area contributed by atoms with Crippen LogP contribution in [-0.4, -0.2) is 79.5 Å². The molecule has 6 N–H and O–H groups in total. The lowest BCUT2D eigenvalue weighted by Crippen LogP contribution is -2.60. The van der Waals surface area contributed by atoms with Crippen molar-refractivity contribution in [1.29, 1.82) is 0 Å². The first kappa shape index (κ1) is 21.2. The van der Waals surface area contributed by atoms with Crippen molar-refractivity contribution in [3.8, 4) is 17.2 Å². The Morgan fingerprint density at radius 2 is 1.55 bits per heavy atom. The number of hydrogen-bond donors (Lipinski definition) is 6. The Bertz CT molecular complexity index is 1080. The van der Waals surface area contributed by atoms with E-state index in [1.165, 1.54) is 12.1 Å². The standard InChI is InChI=1S/C21H20O10/c1-7-2-10-15(12(24)3-7)17(26)9-5-13(11(23)4-8(9)16(10)25)30-21-20(29)19(28)18(27)14(6-22)31-21/h2-5,14,18-24,27-29H,6H2,1H3/t14-,18-,19+,20-,21-/m1/s1. The molecule has 10 nitrogen and oxygen atoms in total. The molecule has 0 bridgehead atoms. The lowest BCUT2D eigenvalue weighted by atomic mass is 9.82. The third-order valence-corrected chi connectivity index (χ3v) is 5.41. The van der Waals surface area contributed by atoms with Gasteiger partial charge in [-0.25, -0.2) is 0 Å². The van der Waals surface area contributed by atoms with Gasteiger partial charge in [-0.05, 0) is 36.8 Å². The third-order valence-electron chi connectivity index (χ3n) is 5.41. The number of phenolic OH excluding ortho intramolecular Hbond substituents is 2. The van der Waals surface area contributed by atoms with Crippen LogP contribution in [0.1, 0.15) is 37.4 Å². The molecular weight excluding hydrogens is 412 g/mol. The predicted octanol–water partition coefficient (Wildman–Crippen LogP) is -0.640. The molecule has 31 heavy (non-hydrogen) atoms. The van der Waals surface area contributed by atoms with Gasteiger partial charge in [0.2, 0.25) is 6.29 Å². The van der Waals surface area contributed by atoms with Crippen LogP contribution in [0.15, 0.2) is 24.3 Å². The Hall–Kier alpha value is -3.02. The van der Waals surface area contributed by atoms with E-state index in [0.29, 0.717) is 5.56 Å². The fourth-order valence-electron chi connectivity index (χ4n) is 3.79. The molecule has 4 rings (SSSR count). The van der Waals surface area contributed by atoms with Crippen molar-refractivity contribution in [2.75, 3.05) is 6.61 Å². The van der Waals surface area contributed by atoms with E-state index in [1.807, 2.05) is 0 Å². The van der Waals surface area contributed by atoms with Crippen LogP contribution in [0.3, 0.4) is 0 Å². The Balaban J connectivity index is 1.72. The van der Waals surface area contributed by atoms with Gasteiger partial charge in [-0.3, -0.25) is 9.59 Å². The van der Waals surface area contributed by atoms with Crippen LogP contribution in [0.5, 0.6) is 17.2 Å². The van der Waals surface area contributed by atoms with E-state index in [0.717, 1.165) is 12.1 Å². The quantitative estimate of drug-likeness (QED) is 0.312. The first-order valence-electron chi connectivity index (χ1n) is 9.41. The summed E-state index contributed by atoms with van der Waals surface area (Å²) in [6, 6.07) is 4.90. The summed E-state index contributed by atoms with van der Waals surface area (Å²) in [5.74, 6) is -2.49. The van der Waals surface area contributed by atoms with Crippen LogP contribution in [0.2, 0.25) is 0 Å².